The number of hydrogen-bond acceptors (Lipinski definition) is 8. The maximum Gasteiger partial charge on any atom is 0.305 e. The molecule has 0 spiro atoms. The van der Waals surface area contributed by atoms with Crippen molar-refractivity contribution in [3.8, 4) is 5.75 Å². The molecule has 1 aliphatic heterocycles. The van der Waals surface area contributed by atoms with Crippen LogP contribution in [0.15, 0.2) is 18.2 Å². The van der Waals surface area contributed by atoms with Crippen LogP contribution in [0.5, 0.6) is 5.75 Å². The smallest absolute Gasteiger partial charge is 0.305 e. The molecule has 0 radical (unpaired) electrons. The van der Waals surface area contributed by atoms with Crippen molar-refractivity contribution in [3.63, 3.8) is 0 Å². The van der Waals surface area contributed by atoms with Crippen molar-refractivity contribution in [1.29, 1.82) is 0 Å². The van der Waals surface area contributed by atoms with Crippen LogP contribution in [-0.4, -0.2) is 64.4 Å². The summed E-state index contributed by atoms with van der Waals surface area (Å²) in [6, 6.07) is -0.815. The van der Waals surface area contributed by atoms with Gasteiger partial charge in [0.2, 0.25) is 17.7 Å². The average Bonchev–Trinajstić information content (AvgIpc) is 2.79. The van der Waals surface area contributed by atoms with Crippen LogP contribution in [0, 0.1) is 16.0 Å². The first-order valence-corrected chi connectivity index (χ1v) is 10.8. The molecular weight excluding hydrogens is 466 g/mol. The first kappa shape index (κ1) is 27.0. The van der Waals surface area contributed by atoms with Gasteiger partial charge in [-0.2, -0.15) is 0 Å². The summed E-state index contributed by atoms with van der Waals surface area (Å²) < 4.78 is 5.53. The minimum absolute atomic E-state index is 0.0953. The summed E-state index contributed by atoms with van der Waals surface area (Å²) in [6.07, 6.45) is -0.487. The molecule has 6 N–H and O–H groups in total. The van der Waals surface area contributed by atoms with E-state index < -0.39 is 70.7 Å². The number of hydrogen-bond donors (Lipinski definition) is 5. The normalized spacial score (nSPS) is 22.2. The van der Waals surface area contributed by atoms with E-state index >= 15 is 0 Å². The molecule has 0 bridgehead atoms. The van der Waals surface area contributed by atoms with Crippen molar-refractivity contribution in [3.05, 3.63) is 33.9 Å². The van der Waals surface area contributed by atoms with Crippen LogP contribution in [0.1, 0.15) is 43.5 Å². The van der Waals surface area contributed by atoms with E-state index in [1.54, 1.807) is 13.8 Å². The Labute approximate surface area is 199 Å². The molecule has 1 aromatic rings. The Morgan fingerprint density at radius 1 is 1.23 bits per heavy atom. The second-order valence-electron chi connectivity index (χ2n) is 8.03. The molecule has 0 aliphatic carbocycles. The molecule has 0 saturated heterocycles. The molecule has 14 nitrogen and oxygen atoms in total. The standard InChI is InChI=1S/C21H27N5O9/c1-3-10(2)17-21(32)23-13(18(22)29)6-7-35-15-5-4-11(26(33)34)8-12(15)19(30)24-14(9-16(27)28)20(31)25-17/h4-5,8,10,13-14,17H,3,6-7,9H2,1-2H3,(H2,22,29)(H,23,32)(H,24,30)(H,25,31)(H,27,28)/t10?,13-,14-,17-/m0/s1. The highest BCUT2D eigenvalue weighted by Crippen LogP contribution is 2.25. The zero-order valence-corrected chi connectivity index (χ0v) is 19.1. The summed E-state index contributed by atoms with van der Waals surface area (Å²) >= 11 is 0. The Hall–Kier alpha value is -4.23. The van der Waals surface area contributed by atoms with E-state index in [9.17, 15) is 39.2 Å². The number of amides is 4. The number of carbonyl (C=O) groups excluding carboxylic acids is 4. The maximum atomic E-state index is 13.0. The number of nitrogens with zero attached hydrogens (tertiary/aromatic N) is 1. The molecule has 35 heavy (non-hydrogen) atoms. The van der Waals surface area contributed by atoms with Gasteiger partial charge >= 0.3 is 5.97 Å². The Morgan fingerprint density at radius 3 is 2.49 bits per heavy atom. The number of carbonyl (C=O) groups is 5. The number of rotatable bonds is 6. The molecule has 1 aromatic carbocycles. The highest BCUT2D eigenvalue weighted by molar-refractivity contribution is 6.01. The highest BCUT2D eigenvalue weighted by atomic mass is 16.6. The monoisotopic (exact) mass is 493 g/mol. The summed E-state index contributed by atoms with van der Waals surface area (Å²) in [5, 5.41) is 27.6. The molecule has 0 fully saturated rings. The summed E-state index contributed by atoms with van der Waals surface area (Å²) in [6.45, 7) is 3.22. The summed E-state index contributed by atoms with van der Waals surface area (Å²) in [5.41, 5.74) is 4.63. The lowest BCUT2D eigenvalue weighted by Gasteiger charge is -2.28. The van der Waals surface area contributed by atoms with Gasteiger partial charge in [0.1, 0.15) is 23.9 Å². The predicted octanol–water partition coefficient (Wildman–Crippen LogP) is -0.549. The maximum absolute atomic E-state index is 13.0. The zero-order valence-electron chi connectivity index (χ0n) is 19.1. The first-order chi connectivity index (χ1) is 16.4. The van der Waals surface area contributed by atoms with E-state index in [-0.39, 0.29) is 24.3 Å². The molecule has 14 heteroatoms. The number of nitro benzene ring substituents is 1. The molecule has 1 heterocycles. The van der Waals surface area contributed by atoms with Gasteiger partial charge in [-0.15, -0.1) is 0 Å². The quantitative estimate of drug-likeness (QED) is 0.253. The number of nitrogens with one attached hydrogen (secondary N) is 3. The molecule has 2 rings (SSSR count). The van der Waals surface area contributed by atoms with Gasteiger partial charge < -0.3 is 31.5 Å². The van der Waals surface area contributed by atoms with E-state index in [0.717, 1.165) is 18.2 Å². The van der Waals surface area contributed by atoms with Gasteiger partial charge in [0.25, 0.3) is 11.6 Å². The van der Waals surface area contributed by atoms with Crippen molar-refractivity contribution >= 4 is 35.3 Å². The van der Waals surface area contributed by atoms with Crippen LogP contribution >= 0.6 is 0 Å². The Balaban J connectivity index is 2.54. The number of benzene rings is 1. The van der Waals surface area contributed by atoms with E-state index in [2.05, 4.69) is 16.0 Å². The van der Waals surface area contributed by atoms with Gasteiger partial charge in [-0.05, 0) is 12.0 Å². The Morgan fingerprint density at radius 2 is 1.91 bits per heavy atom. The fourth-order valence-corrected chi connectivity index (χ4v) is 3.34. The number of non-ortho nitro benzene ring substituents is 1. The van der Waals surface area contributed by atoms with Crippen molar-refractivity contribution in [2.45, 2.75) is 51.2 Å². The van der Waals surface area contributed by atoms with E-state index in [1.807, 2.05) is 0 Å². The third-order valence-corrected chi connectivity index (χ3v) is 5.54. The number of nitro groups is 1. The van der Waals surface area contributed by atoms with Crippen molar-refractivity contribution < 1.29 is 38.7 Å². The molecule has 4 amide bonds. The summed E-state index contributed by atoms with van der Waals surface area (Å²) in [7, 11) is 0. The van der Waals surface area contributed by atoms with Gasteiger partial charge in [0, 0.05) is 18.6 Å². The molecule has 1 unspecified atom stereocenters. The predicted molar refractivity (Wildman–Crippen MR) is 119 cm³/mol. The highest BCUT2D eigenvalue weighted by Gasteiger charge is 2.34. The first-order valence-electron chi connectivity index (χ1n) is 10.8. The van der Waals surface area contributed by atoms with Gasteiger partial charge in [-0.3, -0.25) is 34.1 Å². The molecule has 190 valence electrons. The van der Waals surface area contributed by atoms with Crippen LogP contribution in [0.4, 0.5) is 5.69 Å². The topological polar surface area (TPSA) is 220 Å². The third-order valence-electron chi connectivity index (χ3n) is 5.54. The fraction of sp³-hybridized carbons (Fsp3) is 0.476. The Kier molecular flexibility index (Phi) is 9.08. The van der Waals surface area contributed by atoms with Gasteiger partial charge in [0.05, 0.1) is 23.5 Å². The number of primary amides is 1. The van der Waals surface area contributed by atoms with E-state index in [1.165, 1.54) is 0 Å². The SMILES string of the molecule is CCC(C)[C@@H]1NC(=O)[C@H](CC(=O)O)NC(=O)c2cc([N+](=O)[O-])ccc2OCC[C@@H](C(N)=O)NC1=O. The lowest BCUT2D eigenvalue weighted by Crippen LogP contribution is -2.58. The third kappa shape index (κ3) is 7.12. The molecule has 1 aliphatic rings. The van der Waals surface area contributed by atoms with Crippen LogP contribution in [-0.2, 0) is 19.2 Å². The van der Waals surface area contributed by atoms with E-state index in [0.29, 0.717) is 6.42 Å². The minimum atomic E-state index is -1.62. The number of ether oxygens (including phenoxy) is 1. The van der Waals surface area contributed by atoms with Gasteiger partial charge in [-0.1, -0.05) is 20.3 Å². The fourth-order valence-electron chi connectivity index (χ4n) is 3.34. The lowest BCUT2D eigenvalue weighted by molar-refractivity contribution is -0.384. The van der Waals surface area contributed by atoms with Crippen molar-refractivity contribution in [2.75, 3.05) is 6.61 Å². The van der Waals surface area contributed by atoms with Crippen molar-refractivity contribution in [1.82, 2.24) is 16.0 Å². The molecule has 0 aromatic heterocycles. The van der Waals surface area contributed by atoms with Crippen LogP contribution < -0.4 is 26.4 Å². The van der Waals surface area contributed by atoms with Crippen molar-refractivity contribution in [2.24, 2.45) is 11.7 Å². The summed E-state index contributed by atoms with van der Waals surface area (Å²) in [4.78, 5) is 72.5. The van der Waals surface area contributed by atoms with Crippen LogP contribution in [0.25, 0.3) is 0 Å². The van der Waals surface area contributed by atoms with Crippen LogP contribution in [0.2, 0.25) is 0 Å². The largest absolute Gasteiger partial charge is 0.493 e. The van der Waals surface area contributed by atoms with E-state index in [4.69, 9.17) is 10.5 Å². The second kappa shape index (κ2) is 11.8. The number of carboxylic acid groups (broad SMARTS) is 1. The average molecular weight is 493 g/mol. The second-order valence-corrected chi connectivity index (χ2v) is 8.03. The zero-order chi connectivity index (χ0) is 26.3. The van der Waals surface area contributed by atoms with Gasteiger partial charge in [-0.25, -0.2) is 0 Å². The number of carboxylic acids is 1. The lowest BCUT2D eigenvalue weighted by atomic mass is 9.97. The molecule has 4 atom stereocenters. The van der Waals surface area contributed by atoms with Crippen LogP contribution in [0.3, 0.4) is 0 Å². The number of fused-ring (bicyclic) bond motifs is 1. The molecular formula is C21H27N5O9. The molecule has 0 saturated carbocycles. The van der Waals surface area contributed by atoms with Gasteiger partial charge in [0.15, 0.2) is 0 Å². The number of nitrogens with two attached hydrogens (primary N) is 1. The number of aliphatic carboxylic acids is 1. The Bertz CT molecular complexity index is 1030. The summed E-state index contributed by atoms with van der Waals surface area (Å²) in [5.74, 6) is -5.52. The minimum Gasteiger partial charge on any atom is -0.493 e.